The van der Waals surface area contributed by atoms with Crippen molar-refractivity contribution in [3.63, 3.8) is 0 Å². The first-order chi connectivity index (χ1) is 14.0. The number of hydrogen-bond donors (Lipinski definition) is 1. The average molecular weight is 399 g/mol. The molecule has 0 fully saturated rings. The van der Waals surface area contributed by atoms with Crippen LogP contribution in [-0.4, -0.2) is 43.5 Å². The van der Waals surface area contributed by atoms with Crippen molar-refractivity contribution in [3.8, 4) is 11.5 Å². The van der Waals surface area contributed by atoms with Gasteiger partial charge in [0.1, 0.15) is 17.5 Å². The van der Waals surface area contributed by atoms with Crippen molar-refractivity contribution in [1.29, 1.82) is 0 Å². The fraction of sp³-hybridized carbons (Fsp3) is 0.391. The molecule has 0 aromatic heterocycles. The van der Waals surface area contributed by atoms with E-state index in [0.717, 1.165) is 22.6 Å². The number of methoxy groups -OCH3 is 1. The predicted octanol–water partition coefficient (Wildman–Crippen LogP) is 3.33. The lowest BCUT2D eigenvalue weighted by Crippen LogP contribution is -2.46. The third-order valence-electron chi connectivity index (χ3n) is 4.88. The van der Waals surface area contributed by atoms with Crippen LogP contribution >= 0.6 is 0 Å². The van der Waals surface area contributed by atoms with Crippen molar-refractivity contribution in [2.24, 2.45) is 0 Å². The van der Waals surface area contributed by atoms with Crippen molar-refractivity contribution in [1.82, 2.24) is 10.2 Å². The van der Waals surface area contributed by atoms with E-state index in [1.54, 1.807) is 26.0 Å². The van der Waals surface area contributed by atoms with Crippen molar-refractivity contribution < 1.29 is 19.1 Å². The fourth-order valence-corrected chi connectivity index (χ4v) is 2.99. The second-order valence-electron chi connectivity index (χ2n) is 6.87. The molecule has 2 aromatic rings. The Labute approximate surface area is 172 Å². The number of hydrogen-bond acceptors (Lipinski definition) is 4. The molecule has 2 amide bonds. The zero-order chi connectivity index (χ0) is 21.2. The van der Waals surface area contributed by atoms with Crippen molar-refractivity contribution in [2.75, 3.05) is 20.8 Å². The van der Waals surface area contributed by atoms with E-state index in [2.05, 4.69) is 5.32 Å². The van der Waals surface area contributed by atoms with Crippen LogP contribution in [0, 0.1) is 6.92 Å². The molecular weight excluding hydrogens is 368 g/mol. The monoisotopic (exact) mass is 398 g/mol. The van der Waals surface area contributed by atoms with Gasteiger partial charge in [-0.2, -0.15) is 0 Å². The number of carbonyl (C=O) groups is 2. The molecule has 6 nitrogen and oxygen atoms in total. The van der Waals surface area contributed by atoms with Gasteiger partial charge in [-0.15, -0.1) is 0 Å². The van der Waals surface area contributed by atoms with Crippen molar-refractivity contribution in [3.05, 3.63) is 59.7 Å². The molecule has 6 heteroatoms. The summed E-state index contributed by atoms with van der Waals surface area (Å²) in [6, 6.07) is 14.7. The van der Waals surface area contributed by atoms with Crippen LogP contribution in [0.15, 0.2) is 48.5 Å². The second kappa shape index (κ2) is 11.1. The Hall–Kier alpha value is -3.02. The molecule has 0 aliphatic carbocycles. The SMILES string of the molecule is CNC(=O)C(C)N(Cc1ccccc1C)C(=O)CCCOc1ccc(OC)cc1. The minimum Gasteiger partial charge on any atom is -0.497 e. The number of benzene rings is 2. The Morgan fingerprint density at radius 1 is 1.07 bits per heavy atom. The van der Waals surface area contributed by atoms with Crippen molar-refractivity contribution in [2.45, 2.75) is 39.3 Å². The molecule has 1 atom stereocenters. The molecular formula is C23H30N2O4. The Kier molecular flexibility index (Phi) is 8.52. The number of nitrogens with one attached hydrogen (secondary N) is 1. The smallest absolute Gasteiger partial charge is 0.242 e. The summed E-state index contributed by atoms with van der Waals surface area (Å²) in [6.45, 7) is 4.58. The number of nitrogens with zero attached hydrogens (tertiary/aromatic N) is 1. The highest BCUT2D eigenvalue weighted by atomic mass is 16.5. The normalized spacial score (nSPS) is 11.4. The molecule has 0 saturated heterocycles. The Bertz CT molecular complexity index is 805. The molecule has 0 aliphatic heterocycles. The van der Waals surface area contributed by atoms with Gasteiger partial charge >= 0.3 is 0 Å². The van der Waals surface area contributed by atoms with Crippen molar-refractivity contribution >= 4 is 11.8 Å². The lowest BCUT2D eigenvalue weighted by Gasteiger charge is -2.29. The van der Waals surface area contributed by atoms with Gasteiger partial charge in [0.2, 0.25) is 11.8 Å². The van der Waals surface area contributed by atoms with Crippen LogP contribution < -0.4 is 14.8 Å². The Balaban J connectivity index is 1.95. The van der Waals surface area contributed by atoms with E-state index in [1.165, 1.54) is 0 Å². The molecule has 29 heavy (non-hydrogen) atoms. The molecule has 0 saturated carbocycles. The molecule has 1 N–H and O–H groups in total. The number of carbonyl (C=O) groups excluding carboxylic acids is 2. The first-order valence-corrected chi connectivity index (χ1v) is 9.78. The van der Waals surface area contributed by atoms with Crippen LogP contribution in [0.4, 0.5) is 0 Å². The number of likely N-dealkylation sites (N-methyl/N-ethyl adjacent to an activating group) is 1. The van der Waals surface area contributed by atoms with Gasteiger partial charge in [-0.3, -0.25) is 9.59 Å². The van der Waals surface area contributed by atoms with E-state index in [4.69, 9.17) is 9.47 Å². The minimum absolute atomic E-state index is 0.0670. The minimum atomic E-state index is -0.547. The van der Waals surface area contributed by atoms with Crippen LogP contribution in [-0.2, 0) is 16.1 Å². The first-order valence-electron chi connectivity index (χ1n) is 9.78. The maximum atomic E-state index is 12.9. The number of amides is 2. The molecule has 156 valence electrons. The number of ether oxygens (including phenoxy) is 2. The van der Waals surface area contributed by atoms with E-state index in [-0.39, 0.29) is 11.8 Å². The van der Waals surface area contributed by atoms with E-state index in [9.17, 15) is 9.59 Å². The van der Waals surface area contributed by atoms with Gasteiger partial charge < -0.3 is 19.7 Å². The summed E-state index contributed by atoms with van der Waals surface area (Å²) in [7, 11) is 3.20. The molecule has 0 aliphatic rings. The highest BCUT2D eigenvalue weighted by Gasteiger charge is 2.25. The van der Waals surface area contributed by atoms with Crippen LogP contribution in [0.5, 0.6) is 11.5 Å². The van der Waals surface area contributed by atoms with E-state index in [0.29, 0.717) is 26.0 Å². The molecule has 0 bridgehead atoms. The third kappa shape index (κ3) is 6.52. The topological polar surface area (TPSA) is 67.9 Å². The molecule has 0 heterocycles. The lowest BCUT2D eigenvalue weighted by molar-refractivity contribution is -0.140. The summed E-state index contributed by atoms with van der Waals surface area (Å²) in [5.74, 6) is 1.25. The van der Waals surface area contributed by atoms with Gasteiger partial charge in [-0.1, -0.05) is 24.3 Å². The summed E-state index contributed by atoms with van der Waals surface area (Å²) >= 11 is 0. The quantitative estimate of drug-likeness (QED) is 0.624. The summed E-state index contributed by atoms with van der Waals surface area (Å²) in [5, 5.41) is 2.63. The molecule has 2 rings (SSSR count). The maximum absolute atomic E-state index is 12.9. The molecule has 0 spiro atoms. The standard InChI is InChI=1S/C23H30N2O4/c1-17-8-5-6-9-19(17)16-25(18(2)23(27)24-3)22(26)10-7-15-29-21-13-11-20(28-4)12-14-21/h5-6,8-9,11-14,18H,7,10,15-16H2,1-4H3,(H,24,27). The van der Waals surface area contributed by atoms with Crippen LogP contribution in [0.25, 0.3) is 0 Å². The van der Waals surface area contributed by atoms with Gasteiger partial charge in [0.25, 0.3) is 0 Å². The number of rotatable bonds is 10. The summed E-state index contributed by atoms with van der Waals surface area (Å²) in [4.78, 5) is 26.7. The zero-order valence-electron chi connectivity index (χ0n) is 17.6. The fourth-order valence-electron chi connectivity index (χ4n) is 2.99. The van der Waals surface area contributed by atoms with Gasteiger partial charge in [0.05, 0.1) is 13.7 Å². The summed E-state index contributed by atoms with van der Waals surface area (Å²) in [6.07, 6.45) is 0.874. The van der Waals surface area contributed by atoms with Gasteiger partial charge in [-0.25, -0.2) is 0 Å². The van der Waals surface area contributed by atoms with Crippen LogP contribution in [0.3, 0.4) is 0 Å². The van der Waals surface area contributed by atoms with Gasteiger partial charge in [-0.05, 0) is 55.7 Å². The highest BCUT2D eigenvalue weighted by Crippen LogP contribution is 2.18. The summed E-state index contributed by atoms with van der Waals surface area (Å²) < 4.78 is 10.8. The molecule has 0 radical (unpaired) electrons. The molecule has 2 aromatic carbocycles. The average Bonchev–Trinajstić information content (AvgIpc) is 2.75. The Morgan fingerprint density at radius 3 is 2.34 bits per heavy atom. The highest BCUT2D eigenvalue weighted by molar-refractivity contribution is 5.87. The lowest BCUT2D eigenvalue weighted by atomic mass is 10.1. The first kappa shape index (κ1) is 22.3. The maximum Gasteiger partial charge on any atom is 0.242 e. The van der Waals surface area contributed by atoms with E-state index >= 15 is 0 Å². The van der Waals surface area contributed by atoms with E-state index < -0.39 is 6.04 Å². The summed E-state index contributed by atoms with van der Waals surface area (Å²) in [5.41, 5.74) is 2.13. The third-order valence-corrected chi connectivity index (χ3v) is 4.88. The largest absolute Gasteiger partial charge is 0.497 e. The van der Waals surface area contributed by atoms with Gasteiger partial charge in [0.15, 0.2) is 0 Å². The number of aryl methyl sites for hydroxylation is 1. The predicted molar refractivity (Wildman–Crippen MR) is 113 cm³/mol. The second-order valence-corrected chi connectivity index (χ2v) is 6.87. The molecule has 1 unspecified atom stereocenters. The van der Waals surface area contributed by atoms with Gasteiger partial charge in [0, 0.05) is 20.0 Å². The van der Waals surface area contributed by atoms with Crippen LogP contribution in [0.2, 0.25) is 0 Å². The van der Waals surface area contributed by atoms with Crippen LogP contribution in [0.1, 0.15) is 30.9 Å². The Morgan fingerprint density at radius 2 is 1.72 bits per heavy atom. The van der Waals surface area contributed by atoms with E-state index in [1.807, 2.05) is 55.5 Å². The zero-order valence-corrected chi connectivity index (χ0v) is 17.6.